The average molecular weight is 344 g/mol. The summed E-state index contributed by atoms with van der Waals surface area (Å²) < 4.78 is 10.5. The summed E-state index contributed by atoms with van der Waals surface area (Å²) in [6, 6.07) is 13.8. The van der Waals surface area contributed by atoms with Gasteiger partial charge in [-0.05, 0) is 43.3 Å². The quantitative estimate of drug-likeness (QED) is 0.761. The molecule has 0 saturated heterocycles. The zero-order valence-electron chi connectivity index (χ0n) is 12.8. The highest BCUT2D eigenvalue weighted by molar-refractivity contribution is 6.34. The number of nitrogens with zero attached hydrogens (tertiary/aromatic N) is 2. The fourth-order valence-corrected chi connectivity index (χ4v) is 2.24. The minimum absolute atomic E-state index is 0.187. The van der Waals surface area contributed by atoms with Gasteiger partial charge in [-0.2, -0.15) is 4.98 Å². The van der Waals surface area contributed by atoms with E-state index in [-0.39, 0.29) is 12.5 Å². The molecule has 0 aliphatic carbocycles. The van der Waals surface area contributed by atoms with E-state index in [0.717, 1.165) is 0 Å². The van der Waals surface area contributed by atoms with E-state index in [1.807, 2.05) is 0 Å². The van der Waals surface area contributed by atoms with Crippen molar-refractivity contribution in [2.24, 2.45) is 0 Å². The molecule has 24 heavy (non-hydrogen) atoms. The van der Waals surface area contributed by atoms with Crippen LogP contribution in [0.3, 0.4) is 0 Å². The van der Waals surface area contributed by atoms with Gasteiger partial charge >= 0.3 is 0 Å². The van der Waals surface area contributed by atoms with Gasteiger partial charge < -0.3 is 14.6 Å². The van der Waals surface area contributed by atoms with Crippen LogP contribution >= 0.6 is 11.6 Å². The number of amides is 1. The molecule has 2 aromatic carbocycles. The smallest absolute Gasteiger partial charge is 0.264 e. The molecule has 0 aliphatic heterocycles. The second kappa shape index (κ2) is 7.14. The first-order valence-corrected chi connectivity index (χ1v) is 7.57. The second-order valence-corrected chi connectivity index (χ2v) is 5.39. The Kier molecular flexibility index (Phi) is 4.77. The number of rotatable bonds is 5. The number of hydrogen-bond donors (Lipinski definition) is 1. The standard InChI is InChI=1S/C17H14ClN3O3/c1-11-19-16(24-21-11)10-23-13-8-6-12(7-9-13)20-17(22)14-4-2-3-5-15(14)18/h2-9H,10H2,1H3,(H,20,22). The Morgan fingerprint density at radius 2 is 1.96 bits per heavy atom. The van der Waals surface area contributed by atoms with Gasteiger partial charge in [-0.15, -0.1) is 0 Å². The fraction of sp³-hybridized carbons (Fsp3) is 0.118. The molecule has 122 valence electrons. The molecule has 0 bridgehead atoms. The Balaban J connectivity index is 1.60. The van der Waals surface area contributed by atoms with Crippen molar-refractivity contribution in [3.8, 4) is 5.75 Å². The Bertz CT molecular complexity index is 846. The molecular weight excluding hydrogens is 330 g/mol. The molecule has 6 nitrogen and oxygen atoms in total. The predicted molar refractivity (Wildman–Crippen MR) is 89.2 cm³/mol. The summed E-state index contributed by atoms with van der Waals surface area (Å²) in [5.41, 5.74) is 1.06. The van der Waals surface area contributed by atoms with Crippen molar-refractivity contribution >= 4 is 23.2 Å². The van der Waals surface area contributed by atoms with Crippen LogP contribution < -0.4 is 10.1 Å². The molecule has 1 heterocycles. The normalized spacial score (nSPS) is 10.4. The molecule has 0 atom stereocenters. The number of ether oxygens (including phenoxy) is 1. The van der Waals surface area contributed by atoms with Crippen LogP contribution in [-0.2, 0) is 6.61 Å². The van der Waals surface area contributed by atoms with Crippen molar-refractivity contribution in [1.82, 2.24) is 10.1 Å². The first-order valence-electron chi connectivity index (χ1n) is 7.20. The molecule has 1 N–H and O–H groups in total. The predicted octanol–water partition coefficient (Wildman–Crippen LogP) is 3.86. The van der Waals surface area contributed by atoms with Crippen LogP contribution in [0.25, 0.3) is 0 Å². The lowest BCUT2D eigenvalue weighted by atomic mass is 10.2. The Morgan fingerprint density at radius 1 is 1.21 bits per heavy atom. The van der Waals surface area contributed by atoms with Gasteiger partial charge in [0.15, 0.2) is 12.4 Å². The summed E-state index contributed by atoms with van der Waals surface area (Å²) >= 11 is 6.01. The first-order chi connectivity index (χ1) is 11.6. The van der Waals surface area contributed by atoms with Crippen molar-refractivity contribution < 1.29 is 14.1 Å². The minimum atomic E-state index is -0.268. The molecular formula is C17H14ClN3O3. The lowest BCUT2D eigenvalue weighted by Crippen LogP contribution is -2.12. The molecule has 3 aromatic rings. The molecule has 0 spiro atoms. The summed E-state index contributed by atoms with van der Waals surface area (Å²) in [4.78, 5) is 16.2. The summed E-state index contributed by atoms with van der Waals surface area (Å²) in [5.74, 6) is 1.33. The number of halogens is 1. The lowest BCUT2D eigenvalue weighted by molar-refractivity contribution is 0.102. The molecule has 0 unspecified atom stereocenters. The zero-order valence-corrected chi connectivity index (χ0v) is 13.6. The molecule has 3 rings (SSSR count). The third kappa shape index (κ3) is 3.91. The number of benzene rings is 2. The maximum absolute atomic E-state index is 12.2. The molecule has 1 amide bonds. The van der Waals surface area contributed by atoms with Gasteiger partial charge in [0.25, 0.3) is 11.8 Å². The number of aromatic nitrogens is 2. The van der Waals surface area contributed by atoms with Gasteiger partial charge in [-0.3, -0.25) is 4.79 Å². The van der Waals surface area contributed by atoms with Crippen LogP contribution in [0.15, 0.2) is 53.1 Å². The second-order valence-electron chi connectivity index (χ2n) is 4.98. The number of carbonyl (C=O) groups is 1. The zero-order chi connectivity index (χ0) is 16.9. The van der Waals surface area contributed by atoms with Gasteiger partial charge in [-0.1, -0.05) is 28.9 Å². The van der Waals surface area contributed by atoms with Gasteiger partial charge in [0.05, 0.1) is 10.6 Å². The SMILES string of the molecule is Cc1noc(COc2ccc(NC(=O)c3ccccc3Cl)cc2)n1. The third-order valence-electron chi connectivity index (χ3n) is 3.16. The summed E-state index contributed by atoms with van der Waals surface area (Å²) in [6.07, 6.45) is 0. The van der Waals surface area contributed by atoms with E-state index in [4.69, 9.17) is 20.9 Å². The van der Waals surface area contributed by atoms with Crippen molar-refractivity contribution in [2.75, 3.05) is 5.32 Å². The van der Waals surface area contributed by atoms with Crippen molar-refractivity contribution in [3.63, 3.8) is 0 Å². The number of carbonyl (C=O) groups excluding carboxylic acids is 1. The van der Waals surface area contributed by atoms with Crippen LogP contribution in [-0.4, -0.2) is 16.0 Å². The summed E-state index contributed by atoms with van der Waals surface area (Å²) in [5, 5.41) is 6.88. The topological polar surface area (TPSA) is 77.3 Å². The highest BCUT2D eigenvalue weighted by atomic mass is 35.5. The molecule has 1 aromatic heterocycles. The van der Waals surface area contributed by atoms with Crippen molar-refractivity contribution in [2.45, 2.75) is 13.5 Å². The fourth-order valence-electron chi connectivity index (χ4n) is 2.02. The number of hydrogen-bond acceptors (Lipinski definition) is 5. The summed E-state index contributed by atoms with van der Waals surface area (Å²) in [6.45, 7) is 1.93. The van der Waals surface area contributed by atoms with E-state index in [2.05, 4.69) is 15.5 Å². The largest absolute Gasteiger partial charge is 0.484 e. The molecule has 0 radical (unpaired) electrons. The Morgan fingerprint density at radius 3 is 2.62 bits per heavy atom. The van der Waals surface area contributed by atoms with Crippen LogP contribution in [0.4, 0.5) is 5.69 Å². The van der Waals surface area contributed by atoms with Crippen molar-refractivity contribution in [3.05, 3.63) is 70.8 Å². The minimum Gasteiger partial charge on any atom is -0.484 e. The average Bonchev–Trinajstić information content (AvgIpc) is 3.00. The van der Waals surface area contributed by atoms with E-state index in [1.54, 1.807) is 55.5 Å². The number of aryl methyl sites for hydroxylation is 1. The number of nitrogens with one attached hydrogen (secondary N) is 1. The van der Waals surface area contributed by atoms with E-state index in [9.17, 15) is 4.79 Å². The molecule has 0 saturated carbocycles. The number of anilines is 1. The highest BCUT2D eigenvalue weighted by Crippen LogP contribution is 2.20. The third-order valence-corrected chi connectivity index (χ3v) is 3.49. The highest BCUT2D eigenvalue weighted by Gasteiger charge is 2.10. The van der Waals surface area contributed by atoms with Crippen LogP contribution in [0, 0.1) is 6.92 Å². The first kappa shape index (κ1) is 16.0. The molecule has 0 aliphatic rings. The monoisotopic (exact) mass is 343 g/mol. The Hall–Kier alpha value is -2.86. The van der Waals surface area contributed by atoms with Crippen molar-refractivity contribution in [1.29, 1.82) is 0 Å². The van der Waals surface area contributed by atoms with Crippen LogP contribution in [0.2, 0.25) is 5.02 Å². The van der Waals surface area contributed by atoms with Gasteiger partial charge in [0.2, 0.25) is 0 Å². The van der Waals surface area contributed by atoms with Crippen LogP contribution in [0.1, 0.15) is 22.1 Å². The van der Waals surface area contributed by atoms with E-state index >= 15 is 0 Å². The van der Waals surface area contributed by atoms with E-state index in [0.29, 0.717) is 33.7 Å². The maximum atomic E-state index is 12.2. The van der Waals surface area contributed by atoms with Gasteiger partial charge in [0, 0.05) is 5.69 Å². The maximum Gasteiger partial charge on any atom is 0.264 e. The Labute approximate surface area is 143 Å². The lowest BCUT2D eigenvalue weighted by Gasteiger charge is -2.08. The van der Waals surface area contributed by atoms with Gasteiger partial charge in [-0.25, -0.2) is 0 Å². The molecule has 0 fully saturated rings. The summed E-state index contributed by atoms with van der Waals surface area (Å²) in [7, 11) is 0. The van der Waals surface area contributed by atoms with Crippen LogP contribution in [0.5, 0.6) is 5.75 Å². The van der Waals surface area contributed by atoms with E-state index < -0.39 is 0 Å². The van der Waals surface area contributed by atoms with Gasteiger partial charge in [0.1, 0.15) is 5.75 Å². The van der Waals surface area contributed by atoms with E-state index in [1.165, 1.54) is 0 Å². The molecule has 7 heteroatoms.